The molecule has 0 aromatic rings. The maximum absolute atomic E-state index is 12.8. The van der Waals surface area contributed by atoms with Crippen LogP contribution in [-0.2, 0) is 9.47 Å². The minimum absolute atomic E-state index is 0.138. The first-order valence-electron chi connectivity index (χ1n) is 11.3. The van der Waals surface area contributed by atoms with E-state index in [-0.39, 0.29) is 25.0 Å². The van der Waals surface area contributed by atoms with E-state index in [4.69, 9.17) is 9.47 Å². The quantitative estimate of drug-likeness (QED) is 0.468. The molecule has 5 heteroatoms. The van der Waals surface area contributed by atoms with Crippen LogP contribution in [0.2, 0.25) is 0 Å². The van der Waals surface area contributed by atoms with Gasteiger partial charge < -0.3 is 9.47 Å². The number of hydrogen-bond donors (Lipinski definition) is 0. The summed E-state index contributed by atoms with van der Waals surface area (Å²) in [6, 6.07) is 0. The SMILES string of the molecule is CCCCC[C@H]1CC[C@H]([C@H]2CO[C@H](C3CCC(C(F)(F)F)CC3)OC2)CC1. The highest BCUT2D eigenvalue weighted by Crippen LogP contribution is 2.43. The van der Waals surface area contributed by atoms with Crippen molar-refractivity contribution >= 4 is 0 Å². The second kappa shape index (κ2) is 9.96. The third-order valence-corrected chi connectivity index (χ3v) is 7.34. The van der Waals surface area contributed by atoms with Gasteiger partial charge in [0.15, 0.2) is 6.29 Å². The van der Waals surface area contributed by atoms with Gasteiger partial charge in [-0.25, -0.2) is 0 Å². The Labute approximate surface area is 162 Å². The third-order valence-electron chi connectivity index (χ3n) is 7.34. The van der Waals surface area contributed by atoms with Gasteiger partial charge in [-0.3, -0.25) is 0 Å². The average molecular weight is 391 g/mol. The van der Waals surface area contributed by atoms with Gasteiger partial charge in [0.05, 0.1) is 19.1 Å². The monoisotopic (exact) mass is 390 g/mol. The molecule has 1 aliphatic heterocycles. The van der Waals surface area contributed by atoms with Crippen LogP contribution in [0.1, 0.15) is 84.0 Å². The Kier molecular flexibility index (Phi) is 7.90. The molecule has 3 rings (SSSR count). The smallest absolute Gasteiger partial charge is 0.352 e. The van der Waals surface area contributed by atoms with Crippen molar-refractivity contribution in [3.63, 3.8) is 0 Å². The van der Waals surface area contributed by atoms with Gasteiger partial charge in [-0.1, -0.05) is 45.4 Å². The Balaban J connectivity index is 1.34. The standard InChI is InChI=1S/C22H37F3O2/c1-2-3-4-5-16-6-8-17(9-7-16)19-14-26-21(27-15-19)18-10-12-20(13-11-18)22(23,24)25/h16-21H,2-15H2,1H3/t16-,17-,18?,19-,20?,21-. The number of hydrogen-bond acceptors (Lipinski definition) is 2. The lowest BCUT2D eigenvalue weighted by Gasteiger charge is -2.41. The highest BCUT2D eigenvalue weighted by Gasteiger charge is 2.43. The maximum Gasteiger partial charge on any atom is 0.391 e. The van der Waals surface area contributed by atoms with Crippen molar-refractivity contribution in [2.24, 2.45) is 29.6 Å². The zero-order valence-corrected chi connectivity index (χ0v) is 16.8. The van der Waals surface area contributed by atoms with Crippen molar-refractivity contribution in [2.75, 3.05) is 13.2 Å². The van der Waals surface area contributed by atoms with Crippen LogP contribution in [0.5, 0.6) is 0 Å². The molecule has 0 aromatic heterocycles. The fraction of sp³-hybridized carbons (Fsp3) is 1.00. The minimum Gasteiger partial charge on any atom is -0.352 e. The van der Waals surface area contributed by atoms with Crippen LogP contribution in [-0.4, -0.2) is 25.7 Å². The van der Waals surface area contributed by atoms with Crippen molar-refractivity contribution in [3.8, 4) is 0 Å². The lowest BCUT2D eigenvalue weighted by atomic mass is 9.74. The van der Waals surface area contributed by atoms with E-state index in [2.05, 4.69) is 6.92 Å². The van der Waals surface area contributed by atoms with Crippen molar-refractivity contribution in [1.29, 1.82) is 0 Å². The Morgan fingerprint density at radius 2 is 1.33 bits per heavy atom. The molecule has 0 atom stereocenters. The summed E-state index contributed by atoms with van der Waals surface area (Å²) < 4.78 is 50.5. The molecule has 0 unspecified atom stereocenters. The van der Waals surface area contributed by atoms with Crippen LogP contribution in [0.15, 0.2) is 0 Å². The highest BCUT2D eigenvalue weighted by molar-refractivity contribution is 4.83. The van der Waals surface area contributed by atoms with Crippen LogP contribution in [0.25, 0.3) is 0 Å². The molecule has 0 aromatic carbocycles. The van der Waals surface area contributed by atoms with Gasteiger partial charge in [0, 0.05) is 11.8 Å². The molecular formula is C22H37F3O2. The van der Waals surface area contributed by atoms with E-state index in [0.717, 1.165) is 19.1 Å². The van der Waals surface area contributed by atoms with Gasteiger partial charge in [-0.2, -0.15) is 13.2 Å². The highest BCUT2D eigenvalue weighted by atomic mass is 19.4. The fourth-order valence-electron chi connectivity index (χ4n) is 5.43. The molecular weight excluding hydrogens is 353 g/mol. The molecule has 0 spiro atoms. The largest absolute Gasteiger partial charge is 0.391 e. The third kappa shape index (κ3) is 6.09. The van der Waals surface area contributed by atoms with Crippen LogP contribution >= 0.6 is 0 Å². The molecule has 0 amide bonds. The van der Waals surface area contributed by atoms with Crippen LogP contribution in [0, 0.1) is 29.6 Å². The average Bonchev–Trinajstić information content (AvgIpc) is 2.68. The van der Waals surface area contributed by atoms with E-state index >= 15 is 0 Å². The molecule has 1 saturated heterocycles. The van der Waals surface area contributed by atoms with E-state index < -0.39 is 12.1 Å². The predicted octanol–water partition coefficient (Wildman–Crippen LogP) is 6.73. The number of halogens is 3. The molecule has 3 fully saturated rings. The Morgan fingerprint density at radius 1 is 0.741 bits per heavy atom. The summed E-state index contributed by atoms with van der Waals surface area (Å²) in [6.07, 6.45) is 7.95. The van der Waals surface area contributed by atoms with Gasteiger partial charge in [0.2, 0.25) is 0 Å². The molecule has 3 aliphatic rings. The molecule has 158 valence electrons. The van der Waals surface area contributed by atoms with Crippen molar-refractivity contribution < 1.29 is 22.6 Å². The molecule has 0 radical (unpaired) electrons. The van der Waals surface area contributed by atoms with E-state index in [9.17, 15) is 13.2 Å². The summed E-state index contributed by atoms with van der Waals surface area (Å²) in [7, 11) is 0. The number of ether oxygens (including phenoxy) is 2. The minimum atomic E-state index is -4.04. The summed E-state index contributed by atoms with van der Waals surface area (Å²) in [5, 5.41) is 0. The first kappa shape index (κ1) is 21.4. The molecule has 2 saturated carbocycles. The molecule has 2 nitrogen and oxygen atoms in total. The Hall–Kier alpha value is -0.290. The predicted molar refractivity (Wildman–Crippen MR) is 100 cm³/mol. The van der Waals surface area contributed by atoms with Crippen molar-refractivity contribution in [3.05, 3.63) is 0 Å². The van der Waals surface area contributed by atoms with Gasteiger partial charge in [-0.05, 0) is 50.4 Å². The number of rotatable bonds is 6. The van der Waals surface area contributed by atoms with Crippen LogP contribution in [0.4, 0.5) is 13.2 Å². The molecule has 27 heavy (non-hydrogen) atoms. The zero-order chi connectivity index (χ0) is 19.3. The lowest BCUT2D eigenvalue weighted by Crippen LogP contribution is -2.42. The van der Waals surface area contributed by atoms with Gasteiger partial charge in [0.25, 0.3) is 0 Å². The van der Waals surface area contributed by atoms with Crippen molar-refractivity contribution in [2.45, 2.75) is 96.4 Å². The van der Waals surface area contributed by atoms with Crippen molar-refractivity contribution in [1.82, 2.24) is 0 Å². The summed E-state index contributed by atoms with van der Waals surface area (Å²) in [4.78, 5) is 0. The second-order valence-electron chi connectivity index (χ2n) is 9.23. The number of alkyl halides is 3. The molecule has 0 bridgehead atoms. The van der Waals surface area contributed by atoms with Gasteiger partial charge in [-0.15, -0.1) is 0 Å². The maximum atomic E-state index is 12.8. The van der Waals surface area contributed by atoms with E-state index in [1.165, 1.54) is 51.4 Å². The summed E-state index contributed by atoms with van der Waals surface area (Å²) in [5.74, 6) is 1.10. The molecule has 1 heterocycles. The Morgan fingerprint density at radius 3 is 1.89 bits per heavy atom. The lowest BCUT2D eigenvalue weighted by molar-refractivity contribution is -0.244. The van der Waals surface area contributed by atoms with E-state index in [1.54, 1.807) is 0 Å². The number of unbranched alkanes of at least 4 members (excludes halogenated alkanes) is 2. The Bertz CT molecular complexity index is 416. The molecule has 0 N–H and O–H groups in total. The van der Waals surface area contributed by atoms with Crippen LogP contribution < -0.4 is 0 Å². The van der Waals surface area contributed by atoms with E-state index in [1.807, 2.05) is 0 Å². The zero-order valence-electron chi connectivity index (χ0n) is 16.8. The van der Waals surface area contributed by atoms with Crippen LogP contribution in [0.3, 0.4) is 0 Å². The fourth-order valence-corrected chi connectivity index (χ4v) is 5.43. The normalized spacial score (nSPS) is 38.7. The summed E-state index contributed by atoms with van der Waals surface area (Å²) >= 11 is 0. The summed E-state index contributed by atoms with van der Waals surface area (Å²) in [6.45, 7) is 3.72. The van der Waals surface area contributed by atoms with Gasteiger partial charge >= 0.3 is 6.18 Å². The first-order valence-corrected chi connectivity index (χ1v) is 11.3. The first-order chi connectivity index (χ1) is 13.0. The second-order valence-corrected chi connectivity index (χ2v) is 9.23. The summed E-state index contributed by atoms with van der Waals surface area (Å²) in [5.41, 5.74) is 0. The molecule has 2 aliphatic carbocycles. The van der Waals surface area contributed by atoms with Gasteiger partial charge in [0.1, 0.15) is 0 Å². The topological polar surface area (TPSA) is 18.5 Å². The van der Waals surface area contributed by atoms with E-state index in [0.29, 0.717) is 24.7 Å².